The van der Waals surface area contributed by atoms with Gasteiger partial charge in [-0.1, -0.05) is 31.2 Å². The zero-order valence-corrected chi connectivity index (χ0v) is 14.1. The fourth-order valence-corrected chi connectivity index (χ4v) is 2.52. The molecule has 0 spiro atoms. The van der Waals surface area contributed by atoms with E-state index in [1.54, 1.807) is 6.92 Å². The summed E-state index contributed by atoms with van der Waals surface area (Å²) >= 11 is 0. The first-order valence-corrected chi connectivity index (χ1v) is 8.21. The first-order chi connectivity index (χ1) is 12.0. The van der Waals surface area contributed by atoms with Gasteiger partial charge in [-0.25, -0.2) is 13.6 Å². The van der Waals surface area contributed by atoms with Gasteiger partial charge in [0.05, 0.1) is 12.6 Å². The van der Waals surface area contributed by atoms with Gasteiger partial charge in [-0.2, -0.15) is 0 Å². The first kappa shape index (κ1) is 18.9. The molecule has 1 unspecified atom stereocenters. The maximum Gasteiger partial charge on any atom is 0.315 e. The molecule has 0 heterocycles. The second-order valence-corrected chi connectivity index (χ2v) is 5.75. The Morgan fingerprint density at radius 3 is 2.44 bits per heavy atom. The van der Waals surface area contributed by atoms with E-state index in [9.17, 15) is 13.6 Å². The average Bonchev–Trinajstić information content (AvgIpc) is 2.62. The monoisotopic (exact) mass is 348 g/mol. The van der Waals surface area contributed by atoms with Gasteiger partial charge in [-0.15, -0.1) is 0 Å². The Morgan fingerprint density at radius 1 is 1.12 bits per heavy atom. The summed E-state index contributed by atoms with van der Waals surface area (Å²) < 4.78 is 27.2. The van der Waals surface area contributed by atoms with Crippen LogP contribution < -0.4 is 10.6 Å². The van der Waals surface area contributed by atoms with Crippen molar-refractivity contribution in [1.29, 1.82) is 0 Å². The molecule has 0 bridgehead atoms. The van der Waals surface area contributed by atoms with Crippen LogP contribution in [0.2, 0.25) is 0 Å². The molecule has 0 aliphatic carbocycles. The molecule has 0 radical (unpaired) electrons. The predicted molar refractivity (Wildman–Crippen MR) is 92.0 cm³/mol. The van der Waals surface area contributed by atoms with Crippen LogP contribution in [-0.2, 0) is 13.0 Å². The van der Waals surface area contributed by atoms with Crippen molar-refractivity contribution in [1.82, 2.24) is 10.6 Å². The van der Waals surface area contributed by atoms with E-state index in [0.717, 1.165) is 29.3 Å². The Hall–Kier alpha value is -2.47. The predicted octanol–water partition coefficient (Wildman–Crippen LogP) is 3.45. The maximum absolute atomic E-state index is 13.8. The van der Waals surface area contributed by atoms with Crippen LogP contribution in [0.3, 0.4) is 0 Å². The molecule has 3 N–H and O–H groups in total. The van der Waals surface area contributed by atoms with Gasteiger partial charge in [-0.3, -0.25) is 0 Å². The number of hydrogen-bond donors (Lipinski definition) is 3. The molecule has 134 valence electrons. The van der Waals surface area contributed by atoms with Crippen molar-refractivity contribution in [2.75, 3.05) is 6.54 Å². The molecule has 1 atom stereocenters. The number of urea groups is 1. The lowest BCUT2D eigenvalue weighted by Crippen LogP contribution is -2.39. The minimum absolute atomic E-state index is 0.00399. The third-order valence-corrected chi connectivity index (χ3v) is 3.95. The largest absolute Gasteiger partial charge is 0.392 e. The van der Waals surface area contributed by atoms with Gasteiger partial charge in [0.15, 0.2) is 0 Å². The van der Waals surface area contributed by atoms with E-state index in [4.69, 9.17) is 5.11 Å². The van der Waals surface area contributed by atoms with Gasteiger partial charge < -0.3 is 15.7 Å². The molecule has 2 aromatic carbocycles. The van der Waals surface area contributed by atoms with Gasteiger partial charge >= 0.3 is 6.03 Å². The lowest BCUT2D eigenvalue weighted by molar-refractivity contribution is 0.236. The molecule has 0 aliphatic rings. The standard InChI is InChI=1S/C19H22F2N2O2/c1-2-18(16-11-15(20)7-8-17(16)21)23-19(25)22-10-9-13-3-5-14(12-24)6-4-13/h3-8,11,18,24H,2,9-10,12H2,1H3,(H2,22,23,25). The highest BCUT2D eigenvalue weighted by Gasteiger charge is 2.17. The normalized spacial score (nSPS) is 11.8. The van der Waals surface area contributed by atoms with E-state index in [-0.39, 0.29) is 12.2 Å². The van der Waals surface area contributed by atoms with Crippen molar-refractivity contribution in [3.05, 3.63) is 70.8 Å². The van der Waals surface area contributed by atoms with Crippen molar-refractivity contribution in [3.63, 3.8) is 0 Å². The SMILES string of the molecule is CCC(NC(=O)NCCc1ccc(CO)cc1)c1cc(F)ccc1F. The molecule has 0 aromatic heterocycles. The number of carbonyl (C=O) groups is 1. The van der Waals surface area contributed by atoms with Crippen molar-refractivity contribution in [3.8, 4) is 0 Å². The molecule has 25 heavy (non-hydrogen) atoms. The Kier molecular flexibility index (Phi) is 6.89. The van der Waals surface area contributed by atoms with Crippen LogP contribution in [0.1, 0.15) is 36.1 Å². The summed E-state index contributed by atoms with van der Waals surface area (Å²) in [6.07, 6.45) is 1.07. The van der Waals surface area contributed by atoms with Crippen LogP contribution in [-0.4, -0.2) is 17.7 Å². The summed E-state index contributed by atoms with van der Waals surface area (Å²) in [5.41, 5.74) is 2.00. The Labute approximate surface area is 145 Å². The quantitative estimate of drug-likeness (QED) is 0.718. The van der Waals surface area contributed by atoms with Crippen molar-refractivity contribution >= 4 is 6.03 Å². The van der Waals surface area contributed by atoms with E-state index >= 15 is 0 Å². The third-order valence-electron chi connectivity index (χ3n) is 3.95. The highest BCUT2D eigenvalue weighted by atomic mass is 19.1. The summed E-state index contributed by atoms with van der Waals surface area (Å²) in [5.74, 6) is -1.08. The van der Waals surface area contributed by atoms with Crippen LogP contribution in [0.25, 0.3) is 0 Å². The number of carbonyl (C=O) groups excluding carboxylic acids is 1. The van der Waals surface area contributed by atoms with E-state index in [0.29, 0.717) is 19.4 Å². The molecular weight excluding hydrogens is 326 g/mol. The van der Waals surface area contributed by atoms with Gasteiger partial charge in [0, 0.05) is 12.1 Å². The molecule has 0 saturated carbocycles. The van der Waals surface area contributed by atoms with Crippen LogP contribution in [0.4, 0.5) is 13.6 Å². The van der Waals surface area contributed by atoms with Crippen LogP contribution in [0, 0.1) is 11.6 Å². The van der Waals surface area contributed by atoms with Crippen molar-refractivity contribution in [2.45, 2.75) is 32.4 Å². The second-order valence-electron chi connectivity index (χ2n) is 5.75. The summed E-state index contributed by atoms with van der Waals surface area (Å²) in [6.45, 7) is 2.19. The Bertz CT molecular complexity index is 705. The number of aliphatic hydroxyl groups is 1. The van der Waals surface area contributed by atoms with Crippen LogP contribution in [0.5, 0.6) is 0 Å². The van der Waals surface area contributed by atoms with Gasteiger partial charge in [0.1, 0.15) is 11.6 Å². The fraction of sp³-hybridized carbons (Fsp3) is 0.316. The number of hydrogen-bond acceptors (Lipinski definition) is 2. The molecule has 4 nitrogen and oxygen atoms in total. The summed E-state index contributed by atoms with van der Waals surface area (Å²) in [4.78, 5) is 12.0. The summed E-state index contributed by atoms with van der Waals surface area (Å²) in [6, 6.07) is 9.62. The minimum atomic E-state index is -0.598. The average molecular weight is 348 g/mol. The number of nitrogens with one attached hydrogen (secondary N) is 2. The number of benzene rings is 2. The molecule has 2 amide bonds. The van der Waals surface area contributed by atoms with E-state index in [2.05, 4.69) is 10.6 Å². The van der Waals surface area contributed by atoms with Crippen molar-refractivity contribution < 1.29 is 18.7 Å². The lowest BCUT2D eigenvalue weighted by Gasteiger charge is -2.18. The Morgan fingerprint density at radius 2 is 1.80 bits per heavy atom. The molecule has 2 rings (SSSR count). The minimum Gasteiger partial charge on any atom is -0.392 e. The molecule has 0 fully saturated rings. The molecule has 0 aliphatic heterocycles. The zero-order chi connectivity index (χ0) is 18.2. The van der Waals surface area contributed by atoms with Gasteiger partial charge in [-0.05, 0) is 42.2 Å². The number of aliphatic hydroxyl groups excluding tert-OH is 1. The summed E-state index contributed by atoms with van der Waals surface area (Å²) in [7, 11) is 0. The zero-order valence-electron chi connectivity index (χ0n) is 14.1. The van der Waals surface area contributed by atoms with E-state index in [1.165, 1.54) is 0 Å². The molecule has 0 saturated heterocycles. The molecule has 6 heteroatoms. The lowest BCUT2D eigenvalue weighted by atomic mass is 10.0. The highest BCUT2D eigenvalue weighted by Crippen LogP contribution is 2.21. The summed E-state index contributed by atoms with van der Waals surface area (Å²) in [5, 5.41) is 14.4. The van der Waals surface area contributed by atoms with E-state index < -0.39 is 23.7 Å². The number of amides is 2. The molecular formula is C19H22F2N2O2. The van der Waals surface area contributed by atoms with Crippen LogP contribution >= 0.6 is 0 Å². The highest BCUT2D eigenvalue weighted by molar-refractivity contribution is 5.74. The maximum atomic E-state index is 13.8. The molecule has 2 aromatic rings. The number of rotatable bonds is 7. The topological polar surface area (TPSA) is 61.4 Å². The third kappa shape index (κ3) is 5.53. The van der Waals surface area contributed by atoms with Gasteiger partial charge in [0.2, 0.25) is 0 Å². The number of halogens is 2. The second kappa shape index (κ2) is 9.13. The fourth-order valence-electron chi connectivity index (χ4n) is 2.52. The Balaban J connectivity index is 1.86. The first-order valence-electron chi connectivity index (χ1n) is 8.21. The van der Waals surface area contributed by atoms with Gasteiger partial charge in [0.25, 0.3) is 0 Å². The van der Waals surface area contributed by atoms with E-state index in [1.807, 2.05) is 24.3 Å². The smallest absolute Gasteiger partial charge is 0.315 e. The van der Waals surface area contributed by atoms with Crippen molar-refractivity contribution in [2.24, 2.45) is 0 Å². The van der Waals surface area contributed by atoms with Crippen LogP contribution in [0.15, 0.2) is 42.5 Å².